The number of piperidine rings is 1. The van der Waals surface area contributed by atoms with E-state index in [4.69, 9.17) is 4.74 Å². The van der Waals surface area contributed by atoms with Gasteiger partial charge in [-0.15, -0.1) is 0 Å². The number of nitrogens with zero attached hydrogens (tertiary/aromatic N) is 1. The maximum Gasteiger partial charge on any atom is 0.414 e. The summed E-state index contributed by atoms with van der Waals surface area (Å²) in [6.45, 7) is 9.04. The summed E-state index contributed by atoms with van der Waals surface area (Å²) >= 11 is 0. The Bertz CT molecular complexity index is 264. The van der Waals surface area contributed by atoms with Crippen molar-refractivity contribution in [3.05, 3.63) is 12.3 Å². The van der Waals surface area contributed by atoms with Crippen molar-refractivity contribution in [1.29, 1.82) is 0 Å². The van der Waals surface area contributed by atoms with Crippen LogP contribution in [0.3, 0.4) is 0 Å². The SMILES string of the molecule is C=C(C)OC(=O)N1CC2CCNCC2C1. The van der Waals surface area contributed by atoms with E-state index in [1.54, 1.807) is 11.8 Å². The molecule has 84 valence electrons. The molecular formula is C11H18N2O2. The number of ether oxygens (including phenoxy) is 1. The van der Waals surface area contributed by atoms with E-state index in [1.807, 2.05) is 0 Å². The molecule has 2 aliphatic rings. The van der Waals surface area contributed by atoms with Gasteiger partial charge < -0.3 is 15.0 Å². The number of carbonyl (C=O) groups is 1. The van der Waals surface area contributed by atoms with Gasteiger partial charge in [0.05, 0.1) is 5.76 Å². The van der Waals surface area contributed by atoms with E-state index in [2.05, 4.69) is 11.9 Å². The van der Waals surface area contributed by atoms with Crippen LogP contribution in [0.15, 0.2) is 12.3 Å². The van der Waals surface area contributed by atoms with Crippen LogP contribution in [0.2, 0.25) is 0 Å². The number of amides is 1. The molecule has 4 nitrogen and oxygen atoms in total. The molecule has 15 heavy (non-hydrogen) atoms. The molecule has 2 heterocycles. The molecule has 2 atom stereocenters. The summed E-state index contributed by atoms with van der Waals surface area (Å²) in [5.41, 5.74) is 0. The second-order valence-electron chi connectivity index (χ2n) is 4.49. The van der Waals surface area contributed by atoms with E-state index in [-0.39, 0.29) is 6.09 Å². The van der Waals surface area contributed by atoms with Gasteiger partial charge in [-0.05, 0) is 38.3 Å². The van der Waals surface area contributed by atoms with Gasteiger partial charge in [-0.25, -0.2) is 4.79 Å². The van der Waals surface area contributed by atoms with E-state index in [9.17, 15) is 4.79 Å². The van der Waals surface area contributed by atoms with E-state index in [0.29, 0.717) is 17.6 Å². The molecule has 0 saturated carbocycles. The third-order valence-electron chi connectivity index (χ3n) is 3.19. The summed E-state index contributed by atoms with van der Waals surface area (Å²) in [5, 5.41) is 3.36. The number of likely N-dealkylation sites (tertiary alicyclic amines) is 1. The first-order valence-electron chi connectivity index (χ1n) is 5.50. The zero-order valence-corrected chi connectivity index (χ0v) is 9.16. The van der Waals surface area contributed by atoms with Gasteiger partial charge in [0.25, 0.3) is 0 Å². The molecule has 0 radical (unpaired) electrons. The quantitative estimate of drug-likeness (QED) is 0.661. The smallest absolute Gasteiger partial charge is 0.414 e. The van der Waals surface area contributed by atoms with Crippen LogP contribution in [0.5, 0.6) is 0 Å². The van der Waals surface area contributed by atoms with Gasteiger partial charge in [0.2, 0.25) is 0 Å². The van der Waals surface area contributed by atoms with Crippen LogP contribution in [-0.2, 0) is 4.74 Å². The average Bonchev–Trinajstić information content (AvgIpc) is 2.59. The lowest BCUT2D eigenvalue weighted by atomic mass is 9.90. The average molecular weight is 210 g/mol. The van der Waals surface area contributed by atoms with E-state index >= 15 is 0 Å². The van der Waals surface area contributed by atoms with Gasteiger partial charge in [-0.2, -0.15) is 0 Å². The Hall–Kier alpha value is -1.03. The molecule has 0 aromatic carbocycles. The summed E-state index contributed by atoms with van der Waals surface area (Å²) in [4.78, 5) is 13.4. The zero-order chi connectivity index (χ0) is 10.8. The fraction of sp³-hybridized carbons (Fsp3) is 0.727. The Balaban J connectivity index is 1.90. The first kappa shape index (κ1) is 10.5. The van der Waals surface area contributed by atoms with Crippen molar-refractivity contribution in [3.63, 3.8) is 0 Å². The van der Waals surface area contributed by atoms with Gasteiger partial charge >= 0.3 is 6.09 Å². The molecule has 2 saturated heterocycles. The molecule has 0 aromatic rings. The Labute approximate surface area is 90.3 Å². The van der Waals surface area contributed by atoms with Crippen molar-refractivity contribution in [1.82, 2.24) is 10.2 Å². The minimum absolute atomic E-state index is 0.239. The number of carbonyl (C=O) groups excluding carboxylic acids is 1. The minimum Gasteiger partial charge on any atom is -0.416 e. The highest BCUT2D eigenvalue weighted by Gasteiger charge is 2.37. The Kier molecular flexibility index (Phi) is 2.95. The monoisotopic (exact) mass is 210 g/mol. The zero-order valence-electron chi connectivity index (χ0n) is 9.16. The summed E-state index contributed by atoms with van der Waals surface area (Å²) in [6.07, 6.45) is 0.929. The molecule has 2 fully saturated rings. The highest BCUT2D eigenvalue weighted by atomic mass is 16.6. The molecule has 4 heteroatoms. The number of allylic oxidation sites excluding steroid dienone is 1. The molecule has 0 bridgehead atoms. The standard InChI is InChI=1S/C11H18N2O2/c1-8(2)15-11(14)13-6-9-3-4-12-5-10(9)7-13/h9-10,12H,1,3-7H2,2H3. The van der Waals surface area contributed by atoms with E-state index < -0.39 is 0 Å². The second-order valence-corrected chi connectivity index (χ2v) is 4.49. The number of rotatable bonds is 1. The van der Waals surface area contributed by atoms with Crippen LogP contribution >= 0.6 is 0 Å². The molecule has 1 N–H and O–H groups in total. The summed E-state index contributed by atoms with van der Waals surface area (Å²) in [7, 11) is 0. The van der Waals surface area contributed by atoms with Crippen molar-refractivity contribution < 1.29 is 9.53 Å². The van der Waals surface area contributed by atoms with Crippen molar-refractivity contribution in [2.24, 2.45) is 11.8 Å². The van der Waals surface area contributed by atoms with Crippen LogP contribution in [-0.4, -0.2) is 37.2 Å². The van der Waals surface area contributed by atoms with Gasteiger partial charge in [0, 0.05) is 13.1 Å². The normalized spacial score (nSPS) is 29.8. The van der Waals surface area contributed by atoms with Crippen LogP contribution in [0.4, 0.5) is 4.79 Å². The number of fused-ring (bicyclic) bond motifs is 1. The molecule has 1 amide bonds. The Morgan fingerprint density at radius 3 is 2.87 bits per heavy atom. The predicted octanol–water partition coefficient (Wildman–Crippen LogP) is 1.20. The molecule has 2 unspecified atom stereocenters. The molecule has 2 rings (SSSR count). The first-order valence-corrected chi connectivity index (χ1v) is 5.50. The topological polar surface area (TPSA) is 41.6 Å². The first-order chi connectivity index (χ1) is 7.16. The highest BCUT2D eigenvalue weighted by Crippen LogP contribution is 2.28. The van der Waals surface area contributed by atoms with Crippen molar-refractivity contribution in [3.8, 4) is 0 Å². The lowest BCUT2D eigenvalue weighted by molar-refractivity contribution is 0.136. The van der Waals surface area contributed by atoms with Gasteiger partial charge in [-0.1, -0.05) is 6.58 Å². The van der Waals surface area contributed by atoms with Gasteiger partial charge in [0.15, 0.2) is 0 Å². The Morgan fingerprint density at radius 1 is 1.47 bits per heavy atom. The fourth-order valence-electron chi connectivity index (χ4n) is 2.43. The molecule has 2 aliphatic heterocycles. The molecule has 0 aromatic heterocycles. The third kappa shape index (κ3) is 2.31. The maximum absolute atomic E-state index is 11.6. The van der Waals surface area contributed by atoms with Crippen molar-refractivity contribution in [2.45, 2.75) is 13.3 Å². The van der Waals surface area contributed by atoms with Crippen LogP contribution in [0.25, 0.3) is 0 Å². The molecular weight excluding hydrogens is 192 g/mol. The summed E-state index contributed by atoms with van der Waals surface area (Å²) in [6, 6.07) is 0. The van der Waals surface area contributed by atoms with Crippen molar-refractivity contribution >= 4 is 6.09 Å². The van der Waals surface area contributed by atoms with Crippen molar-refractivity contribution in [2.75, 3.05) is 26.2 Å². The lowest BCUT2D eigenvalue weighted by Gasteiger charge is -2.23. The minimum atomic E-state index is -0.239. The lowest BCUT2D eigenvalue weighted by Crippen LogP contribution is -2.35. The van der Waals surface area contributed by atoms with Crippen LogP contribution in [0, 0.1) is 11.8 Å². The molecule has 0 aliphatic carbocycles. The van der Waals surface area contributed by atoms with Crippen LogP contribution < -0.4 is 5.32 Å². The second kappa shape index (κ2) is 4.23. The third-order valence-corrected chi connectivity index (χ3v) is 3.19. The highest BCUT2D eigenvalue weighted by molar-refractivity contribution is 5.69. The maximum atomic E-state index is 11.6. The number of hydrogen-bond acceptors (Lipinski definition) is 3. The predicted molar refractivity (Wildman–Crippen MR) is 57.3 cm³/mol. The largest absolute Gasteiger partial charge is 0.416 e. The number of hydrogen-bond donors (Lipinski definition) is 1. The van der Waals surface area contributed by atoms with Gasteiger partial charge in [-0.3, -0.25) is 0 Å². The summed E-state index contributed by atoms with van der Waals surface area (Å²) < 4.78 is 5.01. The Morgan fingerprint density at radius 2 is 2.20 bits per heavy atom. The van der Waals surface area contributed by atoms with Gasteiger partial charge in [0.1, 0.15) is 0 Å². The molecule has 0 spiro atoms. The fourth-order valence-corrected chi connectivity index (χ4v) is 2.43. The van der Waals surface area contributed by atoms with E-state index in [0.717, 1.165) is 26.2 Å². The summed E-state index contributed by atoms with van der Waals surface area (Å²) in [5.74, 6) is 1.73. The van der Waals surface area contributed by atoms with E-state index in [1.165, 1.54) is 6.42 Å². The number of nitrogens with one attached hydrogen (secondary N) is 1. The van der Waals surface area contributed by atoms with Crippen LogP contribution in [0.1, 0.15) is 13.3 Å².